The molecule has 0 saturated heterocycles. The maximum atomic E-state index is 5.47. The fourth-order valence-corrected chi connectivity index (χ4v) is 3.94. The van der Waals surface area contributed by atoms with Gasteiger partial charge in [-0.1, -0.05) is 12.1 Å². The third-order valence-corrected chi connectivity index (χ3v) is 5.30. The van der Waals surface area contributed by atoms with Gasteiger partial charge in [0.25, 0.3) is 0 Å². The van der Waals surface area contributed by atoms with E-state index in [1.807, 2.05) is 23.6 Å². The number of hydrogen-bond acceptors (Lipinski definition) is 5. The molecule has 0 aliphatic heterocycles. The first-order valence-electron chi connectivity index (χ1n) is 10.1. The zero-order chi connectivity index (χ0) is 19.5. The van der Waals surface area contributed by atoms with E-state index in [9.17, 15) is 0 Å². The normalized spacial score (nSPS) is 13.1. The van der Waals surface area contributed by atoms with E-state index in [1.165, 1.54) is 11.3 Å². The van der Waals surface area contributed by atoms with Crippen molar-refractivity contribution in [3.63, 3.8) is 0 Å². The van der Waals surface area contributed by atoms with E-state index in [0.29, 0.717) is 0 Å². The summed E-state index contributed by atoms with van der Waals surface area (Å²) in [6.07, 6.45) is 4.21. The largest absolute Gasteiger partial charge is 0.497 e. The Hall–Kier alpha value is -2.60. The van der Waals surface area contributed by atoms with Crippen molar-refractivity contribution in [2.75, 3.05) is 32.2 Å². The number of ether oxygens (including phenoxy) is 2. The molecule has 0 saturated carbocycles. The van der Waals surface area contributed by atoms with Crippen molar-refractivity contribution in [2.45, 2.75) is 39.5 Å². The standard InChI is InChI=1S/C22H28N4O2/c1-4-28-14-6-13-23-21-18-7-5-8-19(18)24-22-20(15(2)25-26(21)22)16-9-11-17(27-3)12-10-16/h9-12,23H,4-8,13-14H2,1-3H3. The first kappa shape index (κ1) is 18.7. The zero-order valence-electron chi connectivity index (χ0n) is 16.9. The molecule has 28 heavy (non-hydrogen) atoms. The highest BCUT2D eigenvalue weighted by molar-refractivity contribution is 5.81. The zero-order valence-corrected chi connectivity index (χ0v) is 16.9. The molecule has 3 aromatic rings. The van der Waals surface area contributed by atoms with E-state index >= 15 is 0 Å². The van der Waals surface area contributed by atoms with E-state index in [1.54, 1.807) is 7.11 Å². The fourth-order valence-electron chi connectivity index (χ4n) is 3.94. The summed E-state index contributed by atoms with van der Waals surface area (Å²) in [5.41, 5.74) is 6.63. The molecule has 0 amide bonds. The summed E-state index contributed by atoms with van der Waals surface area (Å²) >= 11 is 0. The molecule has 0 radical (unpaired) electrons. The number of methoxy groups -OCH3 is 1. The second-order valence-electron chi connectivity index (χ2n) is 7.14. The molecule has 0 atom stereocenters. The van der Waals surface area contributed by atoms with Gasteiger partial charge >= 0.3 is 0 Å². The van der Waals surface area contributed by atoms with Crippen molar-refractivity contribution in [1.29, 1.82) is 0 Å². The van der Waals surface area contributed by atoms with Crippen LogP contribution in [-0.2, 0) is 17.6 Å². The minimum atomic E-state index is 0.762. The molecule has 148 valence electrons. The van der Waals surface area contributed by atoms with Crippen molar-refractivity contribution < 1.29 is 9.47 Å². The maximum absolute atomic E-state index is 5.47. The first-order chi connectivity index (χ1) is 13.7. The highest BCUT2D eigenvalue weighted by atomic mass is 16.5. The first-order valence-corrected chi connectivity index (χ1v) is 10.1. The molecular formula is C22H28N4O2. The predicted molar refractivity (Wildman–Crippen MR) is 111 cm³/mol. The van der Waals surface area contributed by atoms with Crippen LogP contribution in [0.4, 0.5) is 5.82 Å². The molecule has 1 aliphatic rings. The van der Waals surface area contributed by atoms with Crippen molar-refractivity contribution in [3.8, 4) is 16.9 Å². The molecule has 1 aliphatic carbocycles. The van der Waals surface area contributed by atoms with E-state index in [2.05, 4.69) is 24.4 Å². The van der Waals surface area contributed by atoms with Crippen molar-refractivity contribution in [1.82, 2.24) is 14.6 Å². The van der Waals surface area contributed by atoms with Crippen LogP contribution in [0.1, 0.15) is 36.7 Å². The summed E-state index contributed by atoms with van der Waals surface area (Å²) in [5.74, 6) is 1.94. The highest BCUT2D eigenvalue weighted by Crippen LogP contribution is 2.34. The van der Waals surface area contributed by atoms with Crippen LogP contribution in [0.3, 0.4) is 0 Å². The van der Waals surface area contributed by atoms with Gasteiger partial charge in [-0.2, -0.15) is 9.61 Å². The SMILES string of the molecule is CCOCCCNc1c2c(nc3c(-c4ccc(OC)cc4)c(C)nn13)CCC2. The van der Waals surface area contributed by atoms with Gasteiger partial charge in [0.05, 0.1) is 12.8 Å². The number of fused-ring (bicyclic) bond motifs is 2. The Labute approximate surface area is 165 Å². The summed E-state index contributed by atoms with van der Waals surface area (Å²) in [7, 11) is 1.68. The monoisotopic (exact) mass is 380 g/mol. The number of aromatic nitrogens is 3. The Balaban J connectivity index is 1.74. The number of nitrogens with one attached hydrogen (secondary N) is 1. The molecule has 2 heterocycles. The third kappa shape index (κ3) is 3.44. The molecule has 2 aromatic heterocycles. The third-order valence-electron chi connectivity index (χ3n) is 5.30. The summed E-state index contributed by atoms with van der Waals surface area (Å²) in [6.45, 7) is 6.48. The lowest BCUT2D eigenvalue weighted by Crippen LogP contribution is -2.13. The lowest BCUT2D eigenvalue weighted by molar-refractivity contribution is 0.147. The number of hydrogen-bond donors (Lipinski definition) is 1. The van der Waals surface area contributed by atoms with Gasteiger partial charge in [-0.25, -0.2) is 4.98 Å². The fraction of sp³-hybridized carbons (Fsp3) is 0.455. The molecule has 6 heteroatoms. The Morgan fingerprint density at radius 1 is 1.18 bits per heavy atom. The Morgan fingerprint density at radius 3 is 2.75 bits per heavy atom. The number of benzene rings is 1. The number of anilines is 1. The van der Waals surface area contributed by atoms with Crippen LogP contribution in [0, 0.1) is 6.92 Å². The average molecular weight is 380 g/mol. The van der Waals surface area contributed by atoms with Crippen LogP contribution < -0.4 is 10.1 Å². The van der Waals surface area contributed by atoms with E-state index in [0.717, 1.165) is 79.5 Å². The molecular weight excluding hydrogens is 352 g/mol. The van der Waals surface area contributed by atoms with Crippen LogP contribution in [0.25, 0.3) is 16.8 Å². The Kier molecular flexibility index (Phi) is 5.48. The maximum Gasteiger partial charge on any atom is 0.165 e. The van der Waals surface area contributed by atoms with Gasteiger partial charge in [0.2, 0.25) is 0 Å². The van der Waals surface area contributed by atoms with Crippen LogP contribution >= 0.6 is 0 Å². The number of rotatable bonds is 8. The highest BCUT2D eigenvalue weighted by Gasteiger charge is 2.23. The van der Waals surface area contributed by atoms with Crippen LogP contribution in [0.2, 0.25) is 0 Å². The summed E-state index contributed by atoms with van der Waals surface area (Å²) in [5, 5.41) is 8.47. The lowest BCUT2D eigenvalue weighted by atomic mass is 10.1. The number of nitrogens with zero attached hydrogens (tertiary/aromatic N) is 3. The van der Waals surface area contributed by atoms with Crippen molar-refractivity contribution >= 4 is 11.5 Å². The average Bonchev–Trinajstić information content (AvgIpc) is 3.31. The number of aryl methyl sites for hydroxylation is 2. The van der Waals surface area contributed by atoms with Crippen LogP contribution in [0.15, 0.2) is 24.3 Å². The van der Waals surface area contributed by atoms with E-state index < -0.39 is 0 Å². The van der Waals surface area contributed by atoms with E-state index in [-0.39, 0.29) is 0 Å². The molecule has 4 rings (SSSR count). The molecule has 6 nitrogen and oxygen atoms in total. The summed E-state index contributed by atoms with van der Waals surface area (Å²) in [6, 6.07) is 8.12. The van der Waals surface area contributed by atoms with Crippen molar-refractivity contribution in [2.24, 2.45) is 0 Å². The van der Waals surface area contributed by atoms with E-state index in [4.69, 9.17) is 19.6 Å². The molecule has 0 spiro atoms. The van der Waals surface area contributed by atoms with Gasteiger partial charge in [-0.15, -0.1) is 0 Å². The second kappa shape index (κ2) is 8.19. The smallest absolute Gasteiger partial charge is 0.165 e. The van der Waals surface area contributed by atoms with Crippen molar-refractivity contribution in [3.05, 3.63) is 41.2 Å². The molecule has 0 fully saturated rings. The molecule has 0 bridgehead atoms. The topological polar surface area (TPSA) is 60.7 Å². The quantitative estimate of drug-likeness (QED) is 0.598. The predicted octanol–water partition coefficient (Wildman–Crippen LogP) is 4.04. The molecule has 1 aromatic carbocycles. The summed E-state index contributed by atoms with van der Waals surface area (Å²) < 4.78 is 12.8. The summed E-state index contributed by atoms with van der Waals surface area (Å²) in [4.78, 5) is 5.02. The van der Waals surface area contributed by atoms with Gasteiger partial charge in [-0.3, -0.25) is 0 Å². The molecule has 0 unspecified atom stereocenters. The van der Waals surface area contributed by atoms with Crippen LogP contribution in [0.5, 0.6) is 5.75 Å². The minimum absolute atomic E-state index is 0.762. The van der Waals surface area contributed by atoms with Gasteiger partial charge in [0, 0.05) is 36.6 Å². The Bertz CT molecular complexity index is 963. The second-order valence-corrected chi connectivity index (χ2v) is 7.14. The lowest BCUT2D eigenvalue weighted by Gasteiger charge is -2.13. The van der Waals surface area contributed by atoms with Gasteiger partial charge in [-0.05, 0) is 57.2 Å². The van der Waals surface area contributed by atoms with Gasteiger partial charge in [0.1, 0.15) is 11.6 Å². The minimum Gasteiger partial charge on any atom is -0.497 e. The molecule has 1 N–H and O–H groups in total. The Morgan fingerprint density at radius 2 is 2.00 bits per heavy atom. The van der Waals surface area contributed by atoms with Crippen LogP contribution in [-0.4, -0.2) is 41.5 Å². The van der Waals surface area contributed by atoms with Gasteiger partial charge < -0.3 is 14.8 Å². The van der Waals surface area contributed by atoms with Gasteiger partial charge in [0.15, 0.2) is 5.65 Å².